The van der Waals surface area contributed by atoms with Crippen molar-refractivity contribution in [3.05, 3.63) is 40.0 Å². The Morgan fingerprint density at radius 1 is 1.32 bits per heavy atom. The number of piperidine rings is 1. The van der Waals surface area contributed by atoms with Crippen molar-refractivity contribution in [1.29, 1.82) is 0 Å². The Kier molecular flexibility index (Phi) is 5.90. The Hall–Kier alpha value is -1.67. The SMILES string of the molecule is NCc1nc(CN2CCC(C(=O)Nc3ccc(Cl)c(Cl)c3)CC2)no1. The van der Waals surface area contributed by atoms with Gasteiger partial charge in [-0.05, 0) is 44.1 Å². The fraction of sp³-hybridized carbons (Fsp3) is 0.438. The number of anilines is 1. The Balaban J connectivity index is 1.49. The van der Waals surface area contributed by atoms with Gasteiger partial charge in [-0.2, -0.15) is 4.98 Å². The van der Waals surface area contributed by atoms with Crippen LogP contribution < -0.4 is 11.1 Å². The van der Waals surface area contributed by atoms with E-state index in [9.17, 15) is 4.79 Å². The summed E-state index contributed by atoms with van der Waals surface area (Å²) in [6, 6.07) is 5.07. The molecule has 0 aliphatic carbocycles. The molecule has 134 valence electrons. The molecule has 1 aliphatic heterocycles. The van der Waals surface area contributed by atoms with E-state index in [4.69, 9.17) is 33.5 Å². The lowest BCUT2D eigenvalue weighted by atomic mass is 9.96. The van der Waals surface area contributed by atoms with Gasteiger partial charge in [-0.15, -0.1) is 0 Å². The minimum Gasteiger partial charge on any atom is -0.338 e. The molecule has 1 saturated heterocycles. The van der Waals surface area contributed by atoms with Gasteiger partial charge in [0.1, 0.15) is 0 Å². The minimum atomic E-state index is -0.0319. The zero-order chi connectivity index (χ0) is 17.8. The first-order valence-electron chi connectivity index (χ1n) is 8.05. The molecular formula is C16H19Cl2N5O2. The number of hydrogen-bond acceptors (Lipinski definition) is 6. The van der Waals surface area contributed by atoms with Gasteiger partial charge in [0.25, 0.3) is 0 Å². The summed E-state index contributed by atoms with van der Waals surface area (Å²) in [6.07, 6.45) is 1.55. The first-order valence-corrected chi connectivity index (χ1v) is 8.80. The quantitative estimate of drug-likeness (QED) is 0.823. The lowest BCUT2D eigenvalue weighted by Gasteiger charge is -2.30. The van der Waals surface area contributed by atoms with Gasteiger partial charge in [-0.25, -0.2) is 0 Å². The van der Waals surface area contributed by atoms with Crippen molar-refractivity contribution in [3.8, 4) is 0 Å². The van der Waals surface area contributed by atoms with Crippen LogP contribution in [0.4, 0.5) is 5.69 Å². The average Bonchev–Trinajstić information content (AvgIpc) is 3.06. The fourth-order valence-corrected chi connectivity index (χ4v) is 3.11. The van der Waals surface area contributed by atoms with Gasteiger partial charge in [-0.1, -0.05) is 28.4 Å². The van der Waals surface area contributed by atoms with Gasteiger partial charge in [0.15, 0.2) is 5.82 Å². The van der Waals surface area contributed by atoms with Crippen LogP contribution in [-0.2, 0) is 17.9 Å². The summed E-state index contributed by atoms with van der Waals surface area (Å²) in [7, 11) is 0. The predicted octanol–water partition coefficient (Wildman–Crippen LogP) is 2.69. The molecule has 2 heterocycles. The van der Waals surface area contributed by atoms with E-state index >= 15 is 0 Å². The topological polar surface area (TPSA) is 97.3 Å². The van der Waals surface area contributed by atoms with Gasteiger partial charge < -0.3 is 15.6 Å². The summed E-state index contributed by atoms with van der Waals surface area (Å²) >= 11 is 11.9. The van der Waals surface area contributed by atoms with E-state index in [-0.39, 0.29) is 18.4 Å². The number of halogens is 2. The number of likely N-dealkylation sites (tertiary alicyclic amines) is 1. The van der Waals surface area contributed by atoms with Crippen LogP contribution in [0.1, 0.15) is 24.6 Å². The molecule has 0 radical (unpaired) electrons. The van der Waals surface area contributed by atoms with Gasteiger partial charge >= 0.3 is 0 Å². The third kappa shape index (κ3) is 4.70. The Labute approximate surface area is 155 Å². The van der Waals surface area contributed by atoms with E-state index in [0.29, 0.717) is 34.0 Å². The van der Waals surface area contributed by atoms with Crippen LogP contribution in [0.5, 0.6) is 0 Å². The lowest BCUT2D eigenvalue weighted by Crippen LogP contribution is -2.38. The summed E-state index contributed by atoms with van der Waals surface area (Å²) in [5.74, 6) is 1.03. The van der Waals surface area contributed by atoms with Crippen LogP contribution in [0.25, 0.3) is 0 Å². The zero-order valence-electron chi connectivity index (χ0n) is 13.5. The Morgan fingerprint density at radius 2 is 2.08 bits per heavy atom. The van der Waals surface area contributed by atoms with E-state index in [0.717, 1.165) is 25.9 Å². The number of carbonyl (C=O) groups is 1. The number of nitrogens with two attached hydrogens (primary N) is 1. The highest BCUT2D eigenvalue weighted by Gasteiger charge is 2.26. The maximum absolute atomic E-state index is 12.4. The second kappa shape index (κ2) is 8.14. The Bertz CT molecular complexity index is 744. The molecule has 1 fully saturated rings. The van der Waals surface area contributed by atoms with Crippen LogP contribution in [0.2, 0.25) is 10.0 Å². The molecule has 2 aromatic rings. The molecular weight excluding hydrogens is 365 g/mol. The van der Waals surface area contributed by atoms with E-state index in [1.807, 2.05) is 0 Å². The van der Waals surface area contributed by atoms with Crippen molar-refractivity contribution in [1.82, 2.24) is 15.0 Å². The number of hydrogen-bond donors (Lipinski definition) is 2. The first kappa shape index (κ1) is 18.1. The van der Waals surface area contributed by atoms with Crippen molar-refractivity contribution in [2.24, 2.45) is 11.7 Å². The van der Waals surface area contributed by atoms with E-state index in [1.54, 1.807) is 18.2 Å². The number of carbonyl (C=O) groups excluding carboxylic acids is 1. The molecule has 9 heteroatoms. The van der Waals surface area contributed by atoms with Crippen molar-refractivity contribution in [2.45, 2.75) is 25.9 Å². The highest BCUT2D eigenvalue weighted by atomic mass is 35.5. The molecule has 0 bridgehead atoms. The number of aromatic nitrogens is 2. The monoisotopic (exact) mass is 383 g/mol. The molecule has 0 unspecified atom stereocenters. The summed E-state index contributed by atoms with van der Waals surface area (Å²) in [6.45, 7) is 2.44. The molecule has 0 spiro atoms. The standard InChI is InChI=1S/C16H19Cl2N5O2/c17-12-2-1-11(7-13(12)18)20-16(24)10-3-5-23(6-4-10)9-14-21-15(8-19)25-22-14/h1-2,7,10H,3-6,8-9,19H2,(H,20,24). The maximum atomic E-state index is 12.4. The number of nitrogens with one attached hydrogen (secondary N) is 1. The molecule has 1 amide bonds. The summed E-state index contributed by atoms with van der Waals surface area (Å²) in [5, 5.41) is 7.68. The smallest absolute Gasteiger partial charge is 0.240 e. The average molecular weight is 384 g/mol. The maximum Gasteiger partial charge on any atom is 0.240 e. The molecule has 1 aromatic heterocycles. The fourth-order valence-electron chi connectivity index (χ4n) is 2.81. The largest absolute Gasteiger partial charge is 0.338 e. The summed E-state index contributed by atoms with van der Waals surface area (Å²) in [4.78, 5) is 18.8. The molecule has 7 nitrogen and oxygen atoms in total. The number of rotatable bonds is 5. The molecule has 1 aromatic carbocycles. The molecule has 0 saturated carbocycles. The number of benzene rings is 1. The first-order chi connectivity index (χ1) is 12.0. The summed E-state index contributed by atoms with van der Waals surface area (Å²) in [5.41, 5.74) is 6.11. The summed E-state index contributed by atoms with van der Waals surface area (Å²) < 4.78 is 5.00. The molecule has 1 aliphatic rings. The van der Waals surface area contributed by atoms with Crippen LogP contribution in [0.15, 0.2) is 22.7 Å². The molecule has 3 rings (SSSR count). The van der Waals surface area contributed by atoms with Crippen molar-refractivity contribution >= 4 is 34.8 Å². The van der Waals surface area contributed by atoms with Crippen LogP contribution in [0.3, 0.4) is 0 Å². The van der Waals surface area contributed by atoms with Crippen LogP contribution in [-0.4, -0.2) is 34.0 Å². The van der Waals surface area contributed by atoms with Gasteiger partial charge in [0.2, 0.25) is 11.8 Å². The second-order valence-electron chi connectivity index (χ2n) is 5.98. The van der Waals surface area contributed by atoms with Crippen molar-refractivity contribution in [3.63, 3.8) is 0 Å². The van der Waals surface area contributed by atoms with Gasteiger partial charge in [-0.3, -0.25) is 9.69 Å². The highest BCUT2D eigenvalue weighted by Crippen LogP contribution is 2.26. The zero-order valence-corrected chi connectivity index (χ0v) is 15.1. The Morgan fingerprint density at radius 3 is 2.72 bits per heavy atom. The van der Waals surface area contributed by atoms with E-state index in [2.05, 4.69) is 20.4 Å². The van der Waals surface area contributed by atoms with E-state index < -0.39 is 0 Å². The molecule has 0 atom stereocenters. The molecule has 3 N–H and O–H groups in total. The van der Waals surface area contributed by atoms with Crippen molar-refractivity contribution in [2.75, 3.05) is 18.4 Å². The minimum absolute atomic E-state index is 0.00279. The number of amides is 1. The normalized spacial score (nSPS) is 16.1. The van der Waals surface area contributed by atoms with Crippen molar-refractivity contribution < 1.29 is 9.32 Å². The predicted molar refractivity (Wildman–Crippen MR) is 95.3 cm³/mol. The highest BCUT2D eigenvalue weighted by molar-refractivity contribution is 6.42. The lowest BCUT2D eigenvalue weighted by molar-refractivity contribution is -0.121. The van der Waals surface area contributed by atoms with Crippen LogP contribution in [0, 0.1) is 5.92 Å². The van der Waals surface area contributed by atoms with Gasteiger partial charge in [0, 0.05) is 11.6 Å². The van der Waals surface area contributed by atoms with E-state index in [1.165, 1.54) is 0 Å². The van der Waals surface area contributed by atoms with Crippen LogP contribution >= 0.6 is 23.2 Å². The molecule has 25 heavy (non-hydrogen) atoms. The van der Waals surface area contributed by atoms with Gasteiger partial charge in [0.05, 0.1) is 23.1 Å². The third-order valence-corrected chi connectivity index (χ3v) is 4.93. The number of nitrogens with zero attached hydrogens (tertiary/aromatic N) is 3. The third-order valence-electron chi connectivity index (χ3n) is 4.20. The second-order valence-corrected chi connectivity index (χ2v) is 6.79.